The fraction of sp³-hybridized carbons (Fsp3) is 0.233. The lowest BCUT2D eigenvalue weighted by atomic mass is 10.2. The summed E-state index contributed by atoms with van der Waals surface area (Å²) in [5, 5.41) is 9.32. The van der Waals surface area contributed by atoms with Gasteiger partial charge in [0.15, 0.2) is 0 Å². The third kappa shape index (κ3) is 7.85. The quantitative estimate of drug-likeness (QED) is 0.230. The average molecular weight is 531 g/mol. The lowest BCUT2D eigenvalue weighted by molar-refractivity contribution is -0.138. The van der Waals surface area contributed by atoms with Gasteiger partial charge in [-0.05, 0) is 73.9 Å². The number of nitrogens with zero attached hydrogens (tertiary/aromatic N) is 2. The molecule has 1 heterocycles. The molecule has 0 spiro atoms. The summed E-state index contributed by atoms with van der Waals surface area (Å²) in [6.07, 6.45) is 0.656. The SMILES string of the molecule is COc1ccc(OC(=O)N(CC(=O)O)Cc2cccc(OCCCc3nc(-c4ccccc4)oc3C)c2)cc1. The number of carbonyl (C=O) groups excluding carboxylic acids is 1. The van der Waals surface area contributed by atoms with Crippen molar-refractivity contribution in [2.75, 3.05) is 20.3 Å². The van der Waals surface area contributed by atoms with Gasteiger partial charge in [0.1, 0.15) is 29.6 Å². The summed E-state index contributed by atoms with van der Waals surface area (Å²) in [6.45, 7) is 1.89. The number of carboxylic acid groups (broad SMARTS) is 1. The highest BCUT2D eigenvalue weighted by atomic mass is 16.6. The van der Waals surface area contributed by atoms with Crippen LogP contribution in [0.4, 0.5) is 4.79 Å². The van der Waals surface area contributed by atoms with E-state index in [1.54, 1.807) is 42.5 Å². The maximum Gasteiger partial charge on any atom is 0.416 e. The molecule has 9 heteroatoms. The Bertz CT molecular complexity index is 1380. The fourth-order valence-electron chi connectivity index (χ4n) is 3.91. The van der Waals surface area contributed by atoms with Crippen LogP contribution in [-0.4, -0.2) is 47.3 Å². The van der Waals surface area contributed by atoms with Gasteiger partial charge in [0.05, 0.1) is 19.4 Å². The summed E-state index contributed by atoms with van der Waals surface area (Å²) in [7, 11) is 1.53. The number of benzene rings is 3. The van der Waals surface area contributed by atoms with Crippen molar-refractivity contribution in [2.24, 2.45) is 0 Å². The number of aliphatic carboxylic acids is 1. The smallest absolute Gasteiger partial charge is 0.416 e. The van der Waals surface area contributed by atoms with Crippen molar-refractivity contribution >= 4 is 12.1 Å². The van der Waals surface area contributed by atoms with Gasteiger partial charge in [-0.25, -0.2) is 9.78 Å². The lowest BCUT2D eigenvalue weighted by Gasteiger charge is -2.20. The Balaban J connectivity index is 1.32. The van der Waals surface area contributed by atoms with Crippen molar-refractivity contribution in [3.63, 3.8) is 0 Å². The number of aryl methyl sites for hydroxylation is 2. The Morgan fingerprint density at radius 3 is 2.41 bits per heavy atom. The molecule has 0 aliphatic heterocycles. The van der Waals surface area contributed by atoms with Crippen LogP contribution >= 0.6 is 0 Å². The Morgan fingerprint density at radius 2 is 1.69 bits per heavy atom. The number of aromatic nitrogens is 1. The van der Waals surface area contributed by atoms with Gasteiger partial charge in [0.25, 0.3) is 0 Å². The van der Waals surface area contributed by atoms with E-state index in [2.05, 4.69) is 4.98 Å². The summed E-state index contributed by atoms with van der Waals surface area (Å²) in [5.41, 5.74) is 2.54. The zero-order valence-electron chi connectivity index (χ0n) is 21.8. The van der Waals surface area contributed by atoms with Gasteiger partial charge in [-0.15, -0.1) is 0 Å². The molecule has 0 atom stereocenters. The molecule has 39 heavy (non-hydrogen) atoms. The van der Waals surface area contributed by atoms with Crippen molar-refractivity contribution in [3.8, 4) is 28.7 Å². The second-order valence-electron chi connectivity index (χ2n) is 8.78. The van der Waals surface area contributed by atoms with Crippen molar-refractivity contribution in [1.82, 2.24) is 9.88 Å². The maximum atomic E-state index is 12.7. The molecule has 0 aliphatic rings. The molecule has 9 nitrogen and oxygen atoms in total. The highest BCUT2D eigenvalue weighted by Crippen LogP contribution is 2.23. The molecule has 1 N–H and O–H groups in total. The van der Waals surface area contributed by atoms with E-state index in [-0.39, 0.29) is 12.3 Å². The second kappa shape index (κ2) is 13.1. The summed E-state index contributed by atoms with van der Waals surface area (Å²) in [6, 6.07) is 23.4. The molecule has 4 aromatic rings. The van der Waals surface area contributed by atoms with Crippen molar-refractivity contribution in [2.45, 2.75) is 26.3 Å². The number of rotatable bonds is 12. The van der Waals surface area contributed by atoms with Crippen LogP contribution in [0.2, 0.25) is 0 Å². The molecule has 4 rings (SSSR count). The number of hydrogen-bond donors (Lipinski definition) is 1. The zero-order chi connectivity index (χ0) is 27.6. The number of carbonyl (C=O) groups is 2. The lowest BCUT2D eigenvalue weighted by Crippen LogP contribution is -2.37. The first-order chi connectivity index (χ1) is 18.9. The van der Waals surface area contributed by atoms with Gasteiger partial charge in [0.2, 0.25) is 5.89 Å². The molecule has 1 aromatic heterocycles. The summed E-state index contributed by atoms with van der Waals surface area (Å²) >= 11 is 0. The van der Waals surface area contributed by atoms with Gasteiger partial charge in [-0.1, -0.05) is 30.3 Å². The van der Waals surface area contributed by atoms with E-state index in [1.165, 1.54) is 7.11 Å². The van der Waals surface area contributed by atoms with E-state index >= 15 is 0 Å². The van der Waals surface area contributed by atoms with Crippen LogP contribution in [0.1, 0.15) is 23.4 Å². The molecule has 3 aromatic carbocycles. The minimum Gasteiger partial charge on any atom is -0.497 e. The summed E-state index contributed by atoms with van der Waals surface area (Å²) in [5.74, 6) is 1.76. The molecule has 202 valence electrons. The minimum atomic E-state index is -1.15. The van der Waals surface area contributed by atoms with Gasteiger partial charge in [-0.3, -0.25) is 9.69 Å². The van der Waals surface area contributed by atoms with E-state index in [0.29, 0.717) is 36.0 Å². The van der Waals surface area contributed by atoms with Crippen LogP contribution in [0.25, 0.3) is 11.5 Å². The van der Waals surface area contributed by atoms with Gasteiger partial charge in [0, 0.05) is 12.1 Å². The molecular formula is C30H30N2O7. The summed E-state index contributed by atoms with van der Waals surface area (Å²) < 4.78 is 22.2. The van der Waals surface area contributed by atoms with Crippen LogP contribution in [0.5, 0.6) is 17.2 Å². The molecule has 1 amide bonds. The first kappa shape index (κ1) is 27.3. The first-order valence-corrected chi connectivity index (χ1v) is 12.5. The largest absolute Gasteiger partial charge is 0.497 e. The van der Waals surface area contributed by atoms with E-state index in [4.69, 9.17) is 18.6 Å². The predicted octanol–water partition coefficient (Wildman–Crippen LogP) is 5.76. The van der Waals surface area contributed by atoms with Crippen molar-refractivity contribution in [1.29, 1.82) is 0 Å². The van der Waals surface area contributed by atoms with Crippen LogP contribution in [-0.2, 0) is 17.8 Å². The number of methoxy groups -OCH3 is 1. The third-order valence-corrected chi connectivity index (χ3v) is 5.86. The Hall–Kier alpha value is -4.79. The van der Waals surface area contributed by atoms with Gasteiger partial charge < -0.3 is 23.7 Å². The van der Waals surface area contributed by atoms with Gasteiger partial charge in [-0.2, -0.15) is 0 Å². The van der Waals surface area contributed by atoms with E-state index in [1.807, 2.05) is 43.3 Å². The molecule has 0 aliphatic carbocycles. The molecule has 0 fully saturated rings. The van der Waals surface area contributed by atoms with E-state index < -0.39 is 18.6 Å². The van der Waals surface area contributed by atoms with E-state index in [9.17, 15) is 14.7 Å². The standard InChI is InChI=1S/C30H30N2O7/c1-21-27(31-29(38-21)23-9-4-3-5-10-23)12-7-17-37-26-11-6-8-22(18-26)19-32(20-28(33)34)30(35)39-25-15-13-24(36-2)14-16-25/h3-6,8-11,13-16,18H,7,12,17,19-20H2,1-2H3,(H,33,34). The second-order valence-corrected chi connectivity index (χ2v) is 8.78. The molecule has 0 bridgehead atoms. The monoisotopic (exact) mass is 530 g/mol. The normalized spacial score (nSPS) is 10.6. The zero-order valence-corrected chi connectivity index (χ0v) is 21.8. The highest BCUT2D eigenvalue weighted by Gasteiger charge is 2.20. The summed E-state index contributed by atoms with van der Waals surface area (Å²) in [4.78, 5) is 29.9. The average Bonchev–Trinajstić information content (AvgIpc) is 3.32. The predicted molar refractivity (Wildman–Crippen MR) is 144 cm³/mol. The maximum absolute atomic E-state index is 12.7. The number of ether oxygens (including phenoxy) is 3. The van der Waals surface area contributed by atoms with Crippen molar-refractivity contribution in [3.05, 3.63) is 95.9 Å². The van der Waals surface area contributed by atoms with Crippen molar-refractivity contribution < 1.29 is 33.3 Å². The topological polar surface area (TPSA) is 111 Å². The third-order valence-electron chi connectivity index (χ3n) is 5.86. The number of carboxylic acids is 1. The Labute approximate surface area is 226 Å². The Kier molecular flexibility index (Phi) is 9.18. The molecule has 0 radical (unpaired) electrons. The first-order valence-electron chi connectivity index (χ1n) is 12.5. The van der Waals surface area contributed by atoms with Crippen LogP contribution in [0.3, 0.4) is 0 Å². The number of oxazole rings is 1. The minimum absolute atomic E-state index is 0.0406. The molecule has 0 saturated carbocycles. The van der Waals surface area contributed by atoms with Crippen LogP contribution in [0, 0.1) is 6.92 Å². The number of hydrogen-bond acceptors (Lipinski definition) is 7. The van der Waals surface area contributed by atoms with Crippen LogP contribution in [0.15, 0.2) is 83.3 Å². The Morgan fingerprint density at radius 1 is 0.949 bits per heavy atom. The van der Waals surface area contributed by atoms with Gasteiger partial charge >= 0.3 is 12.1 Å². The number of amides is 1. The molecule has 0 saturated heterocycles. The highest BCUT2D eigenvalue weighted by molar-refractivity contribution is 5.78. The molecular weight excluding hydrogens is 500 g/mol. The fourth-order valence-corrected chi connectivity index (χ4v) is 3.91. The molecule has 0 unspecified atom stereocenters. The van der Waals surface area contributed by atoms with E-state index in [0.717, 1.165) is 28.3 Å². The van der Waals surface area contributed by atoms with Crippen LogP contribution < -0.4 is 14.2 Å².